The molecule has 6 nitrogen and oxygen atoms in total. The van der Waals surface area contributed by atoms with Crippen molar-refractivity contribution in [1.29, 1.82) is 0 Å². The molecule has 0 aromatic heterocycles. The van der Waals surface area contributed by atoms with E-state index in [1.165, 1.54) is 0 Å². The van der Waals surface area contributed by atoms with Crippen LogP contribution in [0.2, 0.25) is 0 Å². The Morgan fingerprint density at radius 2 is 1.61 bits per heavy atom. The number of carbonyl (C=O) groups excluding carboxylic acids is 2. The van der Waals surface area contributed by atoms with Gasteiger partial charge in [-0.3, -0.25) is 9.59 Å². The van der Waals surface area contributed by atoms with Gasteiger partial charge < -0.3 is 19.3 Å². The van der Waals surface area contributed by atoms with Crippen LogP contribution in [0.3, 0.4) is 0 Å². The summed E-state index contributed by atoms with van der Waals surface area (Å²) in [7, 11) is 0. The van der Waals surface area contributed by atoms with Crippen molar-refractivity contribution in [3.8, 4) is 0 Å². The first-order valence-corrected chi connectivity index (χ1v) is 6.18. The average molecular weight is 260 g/mol. The quantitative estimate of drug-likeness (QED) is 0.564. The number of hydrogen-bond donors (Lipinski definition) is 1. The highest BCUT2D eigenvalue weighted by atomic mass is 16.6. The molecule has 1 fully saturated rings. The van der Waals surface area contributed by atoms with E-state index in [-0.39, 0.29) is 26.1 Å². The lowest BCUT2D eigenvalue weighted by molar-refractivity contribution is -0.181. The van der Waals surface area contributed by atoms with Crippen LogP contribution in [0.4, 0.5) is 0 Å². The highest BCUT2D eigenvalue weighted by Crippen LogP contribution is 2.31. The predicted molar refractivity (Wildman–Crippen MR) is 61.8 cm³/mol. The molecular formula is C12H20O6. The van der Waals surface area contributed by atoms with Gasteiger partial charge in [-0.25, -0.2) is 0 Å². The maximum absolute atomic E-state index is 11.8. The zero-order valence-electron chi connectivity index (χ0n) is 10.8. The highest BCUT2D eigenvalue weighted by Gasteiger charge is 2.49. The molecule has 1 aliphatic rings. The van der Waals surface area contributed by atoms with Crippen LogP contribution in [0.15, 0.2) is 0 Å². The monoisotopic (exact) mass is 260 g/mol. The Bertz CT molecular complexity index is 277. The lowest BCUT2D eigenvalue weighted by Gasteiger charge is -2.36. The van der Waals surface area contributed by atoms with Gasteiger partial charge in [-0.1, -0.05) is 0 Å². The average Bonchev–Trinajstić information content (AvgIpc) is 2.30. The van der Waals surface area contributed by atoms with Crippen LogP contribution in [0.1, 0.15) is 26.7 Å². The van der Waals surface area contributed by atoms with Crippen molar-refractivity contribution in [2.24, 2.45) is 5.92 Å². The minimum Gasteiger partial charge on any atom is -0.465 e. The van der Waals surface area contributed by atoms with E-state index in [1.54, 1.807) is 13.8 Å². The SMILES string of the molecule is CCOC(=O)C(C(=O)OCC)C1(O)CCOCC1. The molecule has 18 heavy (non-hydrogen) atoms. The minimum atomic E-state index is -1.43. The van der Waals surface area contributed by atoms with Crippen molar-refractivity contribution in [1.82, 2.24) is 0 Å². The largest absolute Gasteiger partial charge is 0.465 e. The summed E-state index contributed by atoms with van der Waals surface area (Å²) < 4.78 is 14.8. The van der Waals surface area contributed by atoms with Crippen molar-refractivity contribution < 1.29 is 28.9 Å². The topological polar surface area (TPSA) is 82.1 Å². The fourth-order valence-corrected chi connectivity index (χ4v) is 2.00. The summed E-state index contributed by atoms with van der Waals surface area (Å²) in [6.07, 6.45) is 0.435. The van der Waals surface area contributed by atoms with Crippen molar-refractivity contribution >= 4 is 11.9 Å². The van der Waals surface area contributed by atoms with Gasteiger partial charge in [-0.05, 0) is 13.8 Å². The highest BCUT2D eigenvalue weighted by molar-refractivity contribution is 5.96. The van der Waals surface area contributed by atoms with E-state index >= 15 is 0 Å². The summed E-state index contributed by atoms with van der Waals surface area (Å²) >= 11 is 0. The van der Waals surface area contributed by atoms with Gasteiger partial charge in [0.05, 0.1) is 18.8 Å². The molecule has 0 spiro atoms. The molecule has 104 valence electrons. The van der Waals surface area contributed by atoms with Gasteiger partial charge in [0.15, 0.2) is 5.92 Å². The maximum atomic E-state index is 11.8. The van der Waals surface area contributed by atoms with E-state index in [0.717, 1.165) is 0 Å². The minimum absolute atomic E-state index is 0.154. The normalized spacial score (nSPS) is 18.4. The van der Waals surface area contributed by atoms with E-state index in [0.29, 0.717) is 13.2 Å². The summed E-state index contributed by atoms with van der Waals surface area (Å²) in [4.78, 5) is 23.7. The number of aliphatic hydroxyl groups is 1. The van der Waals surface area contributed by atoms with E-state index in [9.17, 15) is 14.7 Å². The third-order valence-electron chi connectivity index (χ3n) is 2.94. The third kappa shape index (κ3) is 3.43. The van der Waals surface area contributed by atoms with Gasteiger partial charge in [0, 0.05) is 26.1 Å². The summed E-state index contributed by atoms with van der Waals surface area (Å²) in [6.45, 7) is 4.22. The van der Waals surface area contributed by atoms with Crippen LogP contribution in [0.5, 0.6) is 0 Å². The van der Waals surface area contributed by atoms with Crippen LogP contribution in [-0.4, -0.2) is 49.1 Å². The van der Waals surface area contributed by atoms with E-state index < -0.39 is 23.5 Å². The Hall–Kier alpha value is -1.14. The van der Waals surface area contributed by atoms with Gasteiger partial charge in [0.25, 0.3) is 0 Å². The first kappa shape index (κ1) is 14.9. The van der Waals surface area contributed by atoms with E-state index in [1.807, 2.05) is 0 Å². The Kier molecular flexibility index (Phi) is 5.55. The number of rotatable bonds is 5. The number of carbonyl (C=O) groups is 2. The molecule has 1 aliphatic heterocycles. The molecule has 1 heterocycles. The summed E-state index contributed by atoms with van der Waals surface area (Å²) in [5.41, 5.74) is -1.43. The molecule has 0 aromatic rings. The molecule has 0 aromatic carbocycles. The first-order chi connectivity index (χ1) is 8.55. The lowest BCUT2D eigenvalue weighted by Crippen LogP contribution is -2.51. The van der Waals surface area contributed by atoms with Crippen LogP contribution in [0.25, 0.3) is 0 Å². The van der Waals surface area contributed by atoms with Gasteiger partial charge in [-0.15, -0.1) is 0 Å². The molecule has 1 saturated heterocycles. The molecule has 0 unspecified atom stereocenters. The smallest absolute Gasteiger partial charge is 0.323 e. The van der Waals surface area contributed by atoms with Crippen LogP contribution in [-0.2, 0) is 23.8 Å². The molecule has 0 amide bonds. The van der Waals surface area contributed by atoms with Gasteiger partial charge >= 0.3 is 11.9 Å². The Balaban J connectivity index is 2.87. The molecule has 1 N–H and O–H groups in total. The second-order valence-corrected chi connectivity index (χ2v) is 4.15. The zero-order chi connectivity index (χ0) is 13.6. The predicted octanol–water partition coefficient (Wildman–Crippen LogP) is 0.270. The molecule has 0 aliphatic carbocycles. The number of hydrogen-bond acceptors (Lipinski definition) is 6. The first-order valence-electron chi connectivity index (χ1n) is 6.18. The van der Waals surface area contributed by atoms with Crippen LogP contribution in [0, 0.1) is 5.92 Å². The molecule has 6 heteroatoms. The maximum Gasteiger partial charge on any atom is 0.323 e. The van der Waals surface area contributed by atoms with E-state index in [4.69, 9.17) is 14.2 Å². The van der Waals surface area contributed by atoms with Crippen molar-refractivity contribution in [3.05, 3.63) is 0 Å². The molecule has 0 bridgehead atoms. The Labute approximate surface area is 106 Å². The second kappa shape index (κ2) is 6.70. The Morgan fingerprint density at radius 1 is 1.17 bits per heavy atom. The number of esters is 2. The van der Waals surface area contributed by atoms with Gasteiger partial charge in [0.2, 0.25) is 0 Å². The van der Waals surface area contributed by atoms with Crippen LogP contribution >= 0.6 is 0 Å². The zero-order valence-corrected chi connectivity index (χ0v) is 10.8. The second-order valence-electron chi connectivity index (χ2n) is 4.15. The lowest BCUT2D eigenvalue weighted by atomic mass is 9.81. The third-order valence-corrected chi connectivity index (χ3v) is 2.94. The molecule has 0 atom stereocenters. The molecule has 1 rings (SSSR count). The fourth-order valence-electron chi connectivity index (χ4n) is 2.00. The molecule has 0 saturated carbocycles. The summed E-state index contributed by atoms with van der Waals surface area (Å²) in [5.74, 6) is -2.76. The van der Waals surface area contributed by atoms with Crippen molar-refractivity contribution in [2.45, 2.75) is 32.3 Å². The summed E-state index contributed by atoms with van der Waals surface area (Å²) in [6, 6.07) is 0. The van der Waals surface area contributed by atoms with Crippen LogP contribution < -0.4 is 0 Å². The Morgan fingerprint density at radius 3 is 2.00 bits per heavy atom. The standard InChI is InChI=1S/C12H20O6/c1-3-17-10(13)9(11(14)18-4-2)12(15)5-7-16-8-6-12/h9,15H,3-8H2,1-2H3. The fraction of sp³-hybridized carbons (Fsp3) is 0.833. The van der Waals surface area contributed by atoms with Crippen molar-refractivity contribution in [3.63, 3.8) is 0 Å². The van der Waals surface area contributed by atoms with Crippen molar-refractivity contribution in [2.75, 3.05) is 26.4 Å². The van der Waals surface area contributed by atoms with Gasteiger partial charge in [-0.2, -0.15) is 0 Å². The summed E-state index contributed by atoms with van der Waals surface area (Å²) in [5, 5.41) is 10.4. The van der Waals surface area contributed by atoms with Gasteiger partial charge in [0.1, 0.15) is 0 Å². The number of ether oxygens (including phenoxy) is 3. The van der Waals surface area contributed by atoms with E-state index in [2.05, 4.69) is 0 Å². The molecular weight excluding hydrogens is 240 g/mol. The molecule has 0 radical (unpaired) electrons.